The zero-order valence-corrected chi connectivity index (χ0v) is 17.7. The van der Waals surface area contributed by atoms with E-state index < -0.39 is 0 Å². The van der Waals surface area contributed by atoms with Gasteiger partial charge in [-0.25, -0.2) is 4.98 Å². The summed E-state index contributed by atoms with van der Waals surface area (Å²) in [7, 11) is 0. The molecule has 0 bridgehead atoms. The van der Waals surface area contributed by atoms with Crippen LogP contribution in [0.3, 0.4) is 0 Å². The number of rotatable bonds is 6. The minimum Gasteiger partial charge on any atom is -0.467 e. The number of fused-ring (bicyclic) bond motifs is 1. The van der Waals surface area contributed by atoms with Crippen molar-refractivity contribution in [1.82, 2.24) is 24.7 Å². The topological polar surface area (TPSA) is 89.6 Å². The van der Waals surface area contributed by atoms with E-state index in [4.69, 9.17) is 9.40 Å². The molecule has 0 aromatic carbocycles. The van der Waals surface area contributed by atoms with Crippen molar-refractivity contribution in [2.45, 2.75) is 23.9 Å². The summed E-state index contributed by atoms with van der Waals surface area (Å²) in [6.45, 7) is 2.54. The molecule has 0 aliphatic heterocycles. The van der Waals surface area contributed by atoms with Gasteiger partial charge in [-0.05, 0) is 30.5 Å². The van der Waals surface area contributed by atoms with E-state index in [-0.39, 0.29) is 10.8 Å². The van der Waals surface area contributed by atoms with Crippen LogP contribution in [0.5, 0.6) is 0 Å². The van der Waals surface area contributed by atoms with Crippen LogP contribution in [0.25, 0.3) is 20.7 Å². The Morgan fingerprint density at radius 2 is 2.24 bits per heavy atom. The maximum absolute atomic E-state index is 12.8. The summed E-state index contributed by atoms with van der Waals surface area (Å²) in [6, 6.07) is 7.76. The smallest absolute Gasteiger partial charge is 0.260 e. The van der Waals surface area contributed by atoms with E-state index in [1.807, 2.05) is 46.5 Å². The number of thioether (sulfide) groups is 1. The highest BCUT2D eigenvalue weighted by molar-refractivity contribution is 7.99. The van der Waals surface area contributed by atoms with Gasteiger partial charge in [0.15, 0.2) is 5.16 Å². The molecule has 0 amide bonds. The second-order valence-electron chi connectivity index (χ2n) is 6.34. The van der Waals surface area contributed by atoms with Crippen LogP contribution in [0.4, 0.5) is 0 Å². The van der Waals surface area contributed by atoms with Gasteiger partial charge in [0, 0.05) is 15.8 Å². The van der Waals surface area contributed by atoms with E-state index in [1.165, 1.54) is 23.1 Å². The van der Waals surface area contributed by atoms with Crippen molar-refractivity contribution in [2.24, 2.45) is 0 Å². The van der Waals surface area contributed by atoms with Crippen molar-refractivity contribution in [2.75, 3.05) is 0 Å². The van der Waals surface area contributed by atoms with Gasteiger partial charge in [-0.3, -0.25) is 4.79 Å². The SMILES string of the molecule is CC(Sc1nncn1Cc1ccco1)c1nc2scc(-c3cccs3)c2c(=O)[nH]1. The van der Waals surface area contributed by atoms with Crippen LogP contribution in [-0.2, 0) is 6.54 Å². The highest BCUT2D eigenvalue weighted by Crippen LogP contribution is 2.36. The van der Waals surface area contributed by atoms with E-state index in [1.54, 1.807) is 23.9 Å². The normalized spacial score (nSPS) is 12.6. The predicted molar refractivity (Wildman–Crippen MR) is 116 cm³/mol. The third-order valence-electron chi connectivity index (χ3n) is 4.40. The first-order valence-electron chi connectivity index (χ1n) is 8.81. The van der Waals surface area contributed by atoms with Crippen molar-refractivity contribution in [1.29, 1.82) is 0 Å². The number of hydrogen-bond acceptors (Lipinski definition) is 8. The van der Waals surface area contributed by atoms with Gasteiger partial charge in [0.05, 0.1) is 23.4 Å². The van der Waals surface area contributed by atoms with Crippen LogP contribution in [0.15, 0.2) is 62.0 Å². The summed E-state index contributed by atoms with van der Waals surface area (Å²) in [5, 5.41) is 13.5. The maximum atomic E-state index is 12.8. The standard InChI is InChI=1S/C19H15N5O2S3/c1-11(29-19-23-20-10-24(19)8-12-4-2-6-26-12)16-21-17(25)15-13(9-28-18(15)22-16)14-5-3-7-27-14/h2-7,9-11H,8H2,1H3,(H,21,22,25). The lowest BCUT2D eigenvalue weighted by atomic mass is 10.2. The molecule has 1 N–H and O–H groups in total. The minimum absolute atomic E-state index is 0.0982. The number of nitrogens with one attached hydrogen (secondary N) is 1. The Morgan fingerprint density at radius 3 is 3.03 bits per heavy atom. The summed E-state index contributed by atoms with van der Waals surface area (Å²) < 4.78 is 7.32. The van der Waals surface area contributed by atoms with E-state index >= 15 is 0 Å². The third-order valence-corrected chi connectivity index (χ3v) is 7.28. The molecule has 7 nitrogen and oxygen atoms in total. The molecular formula is C19H15N5O2S3. The quantitative estimate of drug-likeness (QED) is 0.381. The highest BCUT2D eigenvalue weighted by Gasteiger charge is 2.19. The molecule has 5 aromatic heterocycles. The van der Waals surface area contributed by atoms with Gasteiger partial charge < -0.3 is 14.0 Å². The molecule has 1 atom stereocenters. The van der Waals surface area contributed by atoms with E-state index in [0.29, 0.717) is 17.8 Å². The van der Waals surface area contributed by atoms with Crippen LogP contribution < -0.4 is 5.56 Å². The second kappa shape index (κ2) is 7.62. The number of H-pyrrole nitrogens is 1. The minimum atomic E-state index is -0.112. The molecule has 5 heterocycles. The van der Waals surface area contributed by atoms with Crippen molar-refractivity contribution in [3.8, 4) is 10.4 Å². The first-order chi connectivity index (χ1) is 14.2. The van der Waals surface area contributed by atoms with Crippen LogP contribution in [-0.4, -0.2) is 24.7 Å². The van der Waals surface area contributed by atoms with Gasteiger partial charge in [-0.2, -0.15) is 0 Å². The second-order valence-corrected chi connectivity index (χ2v) is 9.45. The number of nitrogens with zero attached hydrogens (tertiary/aromatic N) is 4. The molecule has 5 rings (SSSR count). The molecule has 0 aliphatic rings. The monoisotopic (exact) mass is 441 g/mol. The summed E-state index contributed by atoms with van der Waals surface area (Å²) >= 11 is 4.60. The van der Waals surface area contributed by atoms with E-state index in [0.717, 1.165) is 26.2 Å². The molecule has 5 aromatic rings. The highest BCUT2D eigenvalue weighted by atomic mass is 32.2. The predicted octanol–water partition coefficient (Wildman–Crippen LogP) is 4.80. The van der Waals surface area contributed by atoms with Crippen LogP contribution in [0.2, 0.25) is 0 Å². The molecule has 0 aliphatic carbocycles. The Hall–Kier alpha value is -2.69. The van der Waals surface area contributed by atoms with Crippen LogP contribution in [0, 0.1) is 0 Å². The molecule has 29 heavy (non-hydrogen) atoms. The summed E-state index contributed by atoms with van der Waals surface area (Å²) in [5.41, 5.74) is 0.831. The Labute approximate surface area is 177 Å². The lowest BCUT2D eigenvalue weighted by Gasteiger charge is -2.11. The Bertz CT molecular complexity index is 1300. The van der Waals surface area contributed by atoms with Crippen molar-refractivity contribution in [3.05, 3.63) is 69.6 Å². The van der Waals surface area contributed by atoms with Crippen molar-refractivity contribution < 1.29 is 4.42 Å². The molecule has 0 spiro atoms. The third kappa shape index (κ3) is 3.54. The molecule has 0 radical (unpaired) electrons. The molecule has 146 valence electrons. The van der Waals surface area contributed by atoms with Crippen LogP contribution >= 0.6 is 34.4 Å². The molecule has 0 saturated carbocycles. The number of aromatic nitrogens is 5. The Balaban J connectivity index is 1.43. The average molecular weight is 442 g/mol. The van der Waals surface area contributed by atoms with Gasteiger partial charge in [0.2, 0.25) is 0 Å². The number of hydrogen-bond donors (Lipinski definition) is 1. The number of aromatic amines is 1. The molecule has 0 saturated heterocycles. The van der Waals surface area contributed by atoms with Crippen molar-refractivity contribution in [3.63, 3.8) is 0 Å². The van der Waals surface area contributed by atoms with Gasteiger partial charge >= 0.3 is 0 Å². The maximum Gasteiger partial charge on any atom is 0.260 e. The fraction of sp³-hybridized carbons (Fsp3) is 0.158. The summed E-state index contributed by atoms with van der Waals surface area (Å²) in [5.74, 6) is 1.45. The number of thiophene rings is 2. The van der Waals surface area contributed by atoms with Gasteiger partial charge in [-0.1, -0.05) is 17.8 Å². The lowest BCUT2D eigenvalue weighted by molar-refractivity contribution is 0.484. The largest absolute Gasteiger partial charge is 0.467 e. The Morgan fingerprint density at radius 1 is 1.31 bits per heavy atom. The van der Waals surface area contributed by atoms with Crippen molar-refractivity contribution >= 4 is 44.7 Å². The first kappa shape index (κ1) is 18.3. The fourth-order valence-corrected chi connectivity index (χ4v) is 5.65. The average Bonchev–Trinajstić information content (AvgIpc) is 3.50. The lowest BCUT2D eigenvalue weighted by Crippen LogP contribution is -2.12. The van der Waals surface area contributed by atoms with Crippen LogP contribution in [0.1, 0.15) is 23.8 Å². The summed E-state index contributed by atoms with van der Waals surface area (Å²) in [6.07, 6.45) is 3.31. The molecular weight excluding hydrogens is 426 g/mol. The Kier molecular flexibility index (Phi) is 4.82. The number of furan rings is 1. The van der Waals surface area contributed by atoms with E-state index in [2.05, 4.69) is 15.2 Å². The fourth-order valence-electron chi connectivity index (χ4n) is 3.00. The zero-order valence-electron chi connectivity index (χ0n) is 15.2. The van der Waals surface area contributed by atoms with E-state index in [9.17, 15) is 4.79 Å². The zero-order chi connectivity index (χ0) is 19.8. The molecule has 0 fully saturated rings. The van der Waals surface area contributed by atoms with Gasteiger partial charge in [0.25, 0.3) is 5.56 Å². The first-order valence-corrected chi connectivity index (χ1v) is 11.4. The van der Waals surface area contributed by atoms with Gasteiger partial charge in [0.1, 0.15) is 22.7 Å². The summed E-state index contributed by atoms with van der Waals surface area (Å²) in [4.78, 5) is 22.3. The van der Waals surface area contributed by atoms with Gasteiger partial charge in [-0.15, -0.1) is 32.9 Å². The molecule has 10 heteroatoms. The molecule has 1 unspecified atom stereocenters.